The number of aromatic nitrogens is 4. The summed E-state index contributed by atoms with van der Waals surface area (Å²) in [4.78, 5) is 0. The third kappa shape index (κ3) is 3.23. The van der Waals surface area contributed by atoms with Crippen LogP contribution in [0.3, 0.4) is 0 Å². The molecule has 5 nitrogen and oxygen atoms in total. The average Bonchev–Trinajstić information content (AvgIpc) is 2.96. The minimum atomic E-state index is 0.282. The first-order valence-electron chi connectivity index (χ1n) is 6.86. The molecule has 2 heterocycles. The van der Waals surface area contributed by atoms with E-state index in [9.17, 15) is 0 Å². The Morgan fingerprint density at radius 1 is 1.42 bits per heavy atom. The van der Waals surface area contributed by atoms with Crippen LogP contribution in [0.4, 0.5) is 0 Å². The zero-order chi connectivity index (χ0) is 13.8. The van der Waals surface area contributed by atoms with Crippen LogP contribution >= 0.6 is 0 Å². The average molecular weight is 261 g/mol. The van der Waals surface area contributed by atoms with Gasteiger partial charge in [-0.25, -0.2) is 0 Å². The van der Waals surface area contributed by atoms with Gasteiger partial charge in [0, 0.05) is 43.6 Å². The number of aryl methyl sites for hydroxylation is 2. The summed E-state index contributed by atoms with van der Waals surface area (Å²) in [6.45, 7) is 8.18. The number of rotatable bonds is 6. The Morgan fingerprint density at radius 2 is 2.21 bits per heavy atom. The smallest absolute Gasteiger partial charge is 0.0762 e. The lowest BCUT2D eigenvalue weighted by Crippen LogP contribution is -2.19. The van der Waals surface area contributed by atoms with Gasteiger partial charge in [0.05, 0.1) is 11.9 Å². The maximum absolute atomic E-state index is 4.53. The summed E-state index contributed by atoms with van der Waals surface area (Å²) < 4.78 is 3.90. The topological polar surface area (TPSA) is 47.7 Å². The van der Waals surface area contributed by atoms with E-state index in [4.69, 9.17) is 0 Å². The van der Waals surface area contributed by atoms with Crippen molar-refractivity contribution in [3.05, 3.63) is 35.4 Å². The molecular weight excluding hydrogens is 238 g/mol. The van der Waals surface area contributed by atoms with E-state index < -0.39 is 0 Å². The van der Waals surface area contributed by atoms with Gasteiger partial charge in [-0.1, -0.05) is 6.92 Å². The lowest BCUT2D eigenvalue weighted by atomic mass is 10.1. The maximum atomic E-state index is 4.53. The van der Waals surface area contributed by atoms with Crippen molar-refractivity contribution in [1.29, 1.82) is 0 Å². The van der Waals surface area contributed by atoms with Crippen LogP contribution < -0.4 is 5.32 Å². The van der Waals surface area contributed by atoms with E-state index in [0.29, 0.717) is 0 Å². The highest BCUT2D eigenvalue weighted by Crippen LogP contribution is 2.16. The summed E-state index contributed by atoms with van der Waals surface area (Å²) in [5.74, 6) is 0. The molecule has 2 rings (SSSR count). The second kappa shape index (κ2) is 6.02. The fourth-order valence-corrected chi connectivity index (χ4v) is 2.16. The quantitative estimate of drug-likeness (QED) is 0.867. The standard InChI is InChI=1S/C14H23N5/c1-5-7-19-8-6-13(17-19)9-15-11(2)14-10-16-18(4)12(14)3/h6,8,10-11,15H,5,7,9H2,1-4H3. The Bertz CT molecular complexity index is 526. The van der Waals surface area contributed by atoms with Crippen LogP contribution in [0.1, 0.15) is 43.3 Å². The summed E-state index contributed by atoms with van der Waals surface area (Å²) in [7, 11) is 1.97. The SMILES string of the molecule is CCCn1ccc(CNC(C)c2cnn(C)c2C)n1. The maximum Gasteiger partial charge on any atom is 0.0762 e. The lowest BCUT2D eigenvalue weighted by molar-refractivity contribution is 0.545. The van der Waals surface area contributed by atoms with Crippen LogP contribution in [-0.4, -0.2) is 19.6 Å². The monoisotopic (exact) mass is 261 g/mol. The largest absolute Gasteiger partial charge is 0.304 e. The summed E-state index contributed by atoms with van der Waals surface area (Å²) in [6, 6.07) is 2.36. The second-order valence-corrected chi connectivity index (χ2v) is 4.98. The predicted molar refractivity (Wildman–Crippen MR) is 75.7 cm³/mol. The zero-order valence-corrected chi connectivity index (χ0v) is 12.2. The third-order valence-electron chi connectivity index (χ3n) is 3.48. The minimum Gasteiger partial charge on any atom is -0.304 e. The van der Waals surface area contributed by atoms with Crippen LogP contribution in [0.5, 0.6) is 0 Å². The molecule has 0 spiro atoms. The Labute approximate surface area is 114 Å². The van der Waals surface area contributed by atoms with Crippen molar-refractivity contribution in [3.63, 3.8) is 0 Å². The van der Waals surface area contributed by atoms with Crippen LogP contribution in [-0.2, 0) is 20.1 Å². The van der Waals surface area contributed by atoms with Crippen LogP contribution in [0.15, 0.2) is 18.5 Å². The van der Waals surface area contributed by atoms with Crippen molar-refractivity contribution in [2.24, 2.45) is 7.05 Å². The molecule has 0 fully saturated rings. The highest BCUT2D eigenvalue weighted by atomic mass is 15.3. The van der Waals surface area contributed by atoms with Crippen LogP contribution in [0, 0.1) is 6.92 Å². The van der Waals surface area contributed by atoms with Gasteiger partial charge in [-0.2, -0.15) is 10.2 Å². The van der Waals surface area contributed by atoms with E-state index in [1.54, 1.807) is 0 Å². The molecule has 19 heavy (non-hydrogen) atoms. The molecule has 2 aromatic rings. The van der Waals surface area contributed by atoms with Gasteiger partial charge in [-0.05, 0) is 26.3 Å². The minimum absolute atomic E-state index is 0.282. The molecule has 0 radical (unpaired) electrons. The van der Waals surface area contributed by atoms with E-state index in [0.717, 1.165) is 25.2 Å². The Morgan fingerprint density at radius 3 is 2.84 bits per heavy atom. The molecule has 104 valence electrons. The van der Waals surface area contributed by atoms with Crippen molar-refractivity contribution < 1.29 is 0 Å². The predicted octanol–water partition coefficient (Wildman–Crippen LogP) is 2.19. The molecular formula is C14H23N5. The molecule has 1 N–H and O–H groups in total. The van der Waals surface area contributed by atoms with Gasteiger partial charge in [0.15, 0.2) is 0 Å². The van der Waals surface area contributed by atoms with E-state index in [1.165, 1.54) is 11.3 Å². The van der Waals surface area contributed by atoms with Gasteiger partial charge in [0.25, 0.3) is 0 Å². The van der Waals surface area contributed by atoms with Crippen LogP contribution in [0.2, 0.25) is 0 Å². The van der Waals surface area contributed by atoms with Gasteiger partial charge in [0.2, 0.25) is 0 Å². The zero-order valence-electron chi connectivity index (χ0n) is 12.2. The molecule has 0 aliphatic carbocycles. The van der Waals surface area contributed by atoms with E-state index in [-0.39, 0.29) is 6.04 Å². The van der Waals surface area contributed by atoms with Crippen molar-refractivity contribution in [2.75, 3.05) is 0 Å². The first-order valence-corrected chi connectivity index (χ1v) is 6.86. The van der Waals surface area contributed by atoms with E-state index >= 15 is 0 Å². The number of nitrogens with one attached hydrogen (secondary N) is 1. The second-order valence-electron chi connectivity index (χ2n) is 4.98. The highest BCUT2D eigenvalue weighted by Gasteiger charge is 2.11. The Balaban J connectivity index is 1.92. The fourth-order valence-electron chi connectivity index (χ4n) is 2.16. The molecule has 0 amide bonds. The first-order chi connectivity index (χ1) is 9.11. The molecule has 0 aliphatic heterocycles. The number of hydrogen-bond acceptors (Lipinski definition) is 3. The molecule has 0 saturated heterocycles. The molecule has 1 unspecified atom stereocenters. The molecule has 0 aliphatic rings. The van der Waals surface area contributed by atoms with E-state index in [1.807, 2.05) is 28.8 Å². The van der Waals surface area contributed by atoms with Gasteiger partial charge >= 0.3 is 0 Å². The van der Waals surface area contributed by atoms with Gasteiger partial charge in [-0.3, -0.25) is 9.36 Å². The fraction of sp³-hybridized carbons (Fsp3) is 0.571. The molecule has 0 bridgehead atoms. The van der Waals surface area contributed by atoms with Gasteiger partial charge in [-0.15, -0.1) is 0 Å². The summed E-state index contributed by atoms with van der Waals surface area (Å²) in [5.41, 5.74) is 3.54. The Hall–Kier alpha value is -1.62. The normalized spacial score (nSPS) is 12.8. The Kier molecular flexibility index (Phi) is 4.37. The highest BCUT2D eigenvalue weighted by molar-refractivity contribution is 5.19. The lowest BCUT2D eigenvalue weighted by Gasteiger charge is -2.12. The summed E-state index contributed by atoms with van der Waals surface area (Å²) in [6.07, 6.45) is 5.09. The first kappa shape index (κ1) is 13.8. The molecule has 2 aromatic heterocycles. The van der Waals surface area contributed by atoms with Crippen molar-refractivity contribution in [2.45, 2.75) is 46.3 Å². The molecule has 0 aromatic carbocycles. The number of nitrogens with zero attached hydrogens (tertiary/aromatic N) is 4. The molecule has 1 atom stereocenters. The number of hydrogen-bond donors (Lipinski definition) is 1. The molecule has 5 heteroatoms. The summed E-state index contributed by atoms with van der Waals surface area (Å²) in [5, 5.41) is 12.3. The van der Waals surface area contributed by atoms with Crippen molar-refractivity contribution >= 4 is 0 Å². The van der Waals surface area contributed by atoms with E-state index in [2.05, 4.69) is 42.4 Å². The van der Waals surface area contributed by atoms with Crippen LogP contribution in [0.25, 0.3) is 0 Å². The summed E-state index contributed by atoms with van der Waals surface area (Å²) >= 11 is 0. The van der Waals surface area contributed by atoms with Crippen molar-refractivity contribution in [3.8, 4) is 0 Å². The molecule has 0 saturated carbocycles. The van der Waals surface area contributed by atoms with Gasteiger partial charge < -0.3 is 5.32 Å². The van der Waals surface area contributed by atoms with Crippen molar-refractivity contribution in [1.82, 2.24) is 24.9 Å². The van der Waals surface area contributed by atoms with Gasteiger partial charge in [0.1, 0.15) is 0 Å². The third-order valence-corrected chi connectivity index (χ3v) is 3.48.